The van der Waals surface area contributed by atoms with Gasteiger partial charge in [-0.1, -0.05) is 32.1 Å². The second kappa shape index (κ2) is 8.42. The molecule has 0 radical (unpaired) electrons. The van der Waals surface area contributed by atoms with Gasteiger partial charge in [0.25, 0.3) is 0 Å². The van der Waals surface area contributed by atoms with E-state index in [1.807, 2.05) is 20.8 Å². The molecule has 1 aliphatic carbocycles. The monoisotopic (exact) mass is 372 g/mol. The van der Waals surface area contributed by atoms with Crippen molar-refractivity contribution in [3.63, 3.8) is 0 Å². The molecule has 1 aromatic carbocycles. The third kappa shape index (κ3) is 5.55. The van der Waals surface area contributed by atoms with Crippen LogP contribution in [-0.4, -0.2) is 30.1 Å². The third-order valence-electron chi connectivity index (χ3n) is 5.58. The zero-order valence-electron chi connectivity index (χ0n) is 16.7. The molecule has 1 saturated heterocycles. The Morgan fingerprint density at radius 1 is 1.04 bits per heavy atom. The maximum absolute atomic E-state index is 12.6. The summed E-state index contributed by atoms with van der Waals surface area (Å²) in [7, 11) is 0. The number of nitrogens with one attached hydrogen (secondary N) is 2. The van der Waals surface area contributed by atoms with Gasteiger partial charge < -0.3 is 15.4 Å². The number of carbonyl (C=O) groups excluding carboxylic acids is 2. The Labute approximate surface area is 162 Å². The molecule has 0 bridgehead atoms. The Morgan fingerprint density at radius 2 is 1.70 bits per heavy atom. The Morgan fingerprint density at radius 3 is 2.33 bits per heavy atom. The van der Waals surface area contributed by atoms with Crippen LogP contribution < -0.4 is 10.6 Å². The van der Waals surface area contributed by atoms with Gasteiger partial charge in [-0.15, -0.1) is 0 Å². The van der Waals surface area contributed by atoms with Crippen LogP contribution in [0.1, 0.15) is 69.7 Å². The van der Waals surface area contributed by atoms with Crippen LogP contribution in [0.2, 0.25) is 0 Å². The average molecular weight is 373 g/mol. The SMILES string of the molecule is CC(C)(C)OC(=O)c1ccc(NC(=O)[C@@H]2C[C@H](C3CCCCC3)CN2)cc1. The summed E-state index contributed by atoms with van der Waals surface area (Å²) in [6, 6.07) is 6.77. The van der Waals surface area contributed by atoms with E-state index in [2.05, 4.69) is 10.6 Å². The maximum atomic E-state index is 12.6. The van der Waals surface area contributed by atoms with E-state index < -0.39 is 5.60 Å². The molecule has 2 aliphatic rings. The van der Waals surface area contributed by atoms with Crippen molar-refractivity contribution in [2.24, 2.45) is 11.8 Å². The molecule has 1 aromatic rings. The van der Waals surface area contributed by atoms with E-state index in [1.165, 1.54) is 32.1 Å². The van der Waals surface area contributed by atoms with E-state index in [0.29, 0.717) is 17.2 Å². The number of esters is 1. The van der Waals surface area contributed by atoms with Crippen LogP contribution >= 0.6 is 0 Å². The summed E-state index contributed by atoms with van der Waals surface area (Å²) in [6.45, 7) is 6.47. The molecule has 5 heteroatoms. The van der Waals surface area contributed by atoms with Gasteiger partial charge in [-0.2, -0.15) is 0 Å². The predicted molar refractivity (Wildman–Crippen MR) is 107 cm³/mol. The van der Waals surface area contributed by atoms with E-state index >= 15 is 0 Å². The van der Waals surface area contributed by atoms with Gasteiger partial charge in [-0.05, 0) is 69.8 Å². The number of rotatable bonds is 4. The predicted octanol–water partition coefficient (Wildman–Crippen LogP) is 4.14. The Balaban J connectivity index is 1.51. The lowest BCUT2D eigenvalue weighted by atomic mass is 9.79. The number of amides is 1. The number of carbonyl (C=O) groups is 2. The van der Waals surface area contributed by atoms with Gasteiger partial charge >= 0.3 is 5.97 Å². The third-order valence-corrected chi connectivity index (χ3v) is 5.58. The first-order valence-electron chi connectivity index (χ1n) is 10.2. The fourth-order valence-corrected chi connectivity index (χ4v) is 4.18. The smallest absolute Gasteiger partial charge is 0.338 e. The van der Waals surface area contributed by atoms with E-state index in [9.17, 15) is 9.59 Å². The summed E-state index contributed by atoms with van der Waals surface area (Å²) in [5.41, 5.74) is 0.669. The maximum Gasteiger partial charge on any atom is 0.338 e. The molecule has 0 unspecified atom stereocenters. The average Bonchev–Trinajstić information content (AvgIpc) is 3.12. The summed E-state index contributed by atoms with van der Waals surface area (Å²) >= 11 is 0. The normalized spacial score (nSPS) is 23.8. The van der Waals surface area contributed by atoms with Crippen molar-refractivity contribution in [3.8, 4) is 0 Å². The first-order valence-corrected chi connectivity index (χ1v) is 10.2. The highest BCUT2D eigenvalue weighted by Gasteiger charge is 2.34. The van der Waals surface area contributed by atoms with Crippen LogP contribution in [0, 0.1) is 11.8 Å². The zero-order valence-corrected chi connectivity index (χ0v) is 16.7. The van der Waals surface area contributed by atoms with Crippen LogP contribution in [0.4, 0.5) is 5.69 Å². The Kier molecular flexibility index (Phi) is 6.20. The molecule has 1 saturated carbocycles. The van der Waals surface area contributed by atoms with E-state index in [-0.39, 0.29) is 17.9 Å². The van der Waals surface area contributed by atoms with Crippen LogP contribution in [0.15, 0.2) is 24.3 Å². The largest absolute Gasteiger partial charge is 0.456 e. The van der Waals surface area contributed by atoms with Crippen LogP contribution in [-0.2, 0) is 9.53 Å². The van der Waals surface area contributed by atoms with Crippen molar-refractivity contribution in [1.29, 1.82) is 0 Å². The van der Waals surface area contributed by atoms with Crippen molar-refractivity contribution < 1.29 is 14.3 Å². The lowest BCUT2D eigenvalue weighted by Crippen LogP contribution is -2.35. The second-order valence-corrected chi connectivity index (χ2v) is 8.92. The molecule has 2 N–H and O–H groups in total. The molecule has 0 spiro atoms. The molecule has 1 amide bonds. The molecule has 1 heterocycles. The van der Waals surface area contributed by atoms with Gasteiger partial charge in [-0.3, -0.25) is 4.79 Å². The molecule has 2 atom stereocenters. The summed E-state index contributed by atoms with van der Waals surface area (Å²) < 4.78 is 5.36. The fourth-order valence-electron chi connectivity index (χ4n) is 4.18. The number of hydrogen-bond donors (Lipinski definition) is 2. The standard InChI is InChI=1S/C22H32N2O3/c1-22(2,3)27-21(26)16-9-11-18(12-10-16)24-20(25)19-13-17(14-23-19)15-7-5-4-6-8-15/h9-12,15,17,19,23H,4-8,13-14H2,1-3H3,(H,24,25)/t17-,19-/m0/s1. The molecule has 3 rings (SSSR count). The lowest BCUT2D eigenvalue weighted by molar-refractivity contribution is -0.117. The summed E-state index contributed by atoms with van der Waals surface area (Å²) in [4.78, 5) is 24.7. The van der Waals surface area contributed by atoms with Gasteiger partial charge in [0.2, 0.25) is 5.91 Å². The molecule has 0 aromatic heterocycles. The minimum atomic E-state index is -0.521. The van der Waals surface area contributed by atoms with Gasteiger partial charge in [0.1, 0.15) is 5.60 Å². The highest BCUT2D eigenvalue weighted by molar-refractivity contribution is 5.96. The molecule has 148 valence electrons. The van der Waals surface area contributed by atoms with E-state index in [4.69, 9.17) is 4.74 Å². The van der Waals surface area contributed by atoms with E-state index in [1.54, 1.807) is 24.3 Å². The quantitative estimate of drug-likeness (QED) is 0.780. The highest BCUT2D eigenvalue weighted by Crippen LogP contribution is 2.34. The molecule has 2 fully saturated rings. The van der Waals surface area contributed by atoms with Crippen LogP contribution in [0.25, 0.3) is 0 Å². The first kappa shape index (κ1) is 19.9. The van der Waals surface area contributed by atoms with Crippen molar-refractivity contribution in [2.45, 2.75) is 70.9 Å². The van der Waals surface area contributed by atoms with Crippen molar-refractivity contribution in [1.82, 2.24) is 5.32 Å². The van der Waals surface area contributed by atoms with Crippen LogP contribution in [0.5, 0.6) is 0 Å². The number of benzene rings is 1. The molecule has 1 aliphatic heterocycles. The Hall–Kier alpha value is -1.88. The topological polar surface area (TPSA) is 67.4 Å². The zero-order chi connectivity index (χ0) is 19.4. The van der Waals surface area contributed by atoms with Crippen molar-refractivity contribution in [2.75, 3.05) is 11.9 Å². The van der Waals surface area contributed by atoms with Gasteiger partial charge in [0.15, 0.2) is 0 Å². The molecule has 27 heavy (non-hydrogen) atoms. The number of anilines is 1. The molecule has 5 nitrogen and oxygen atoms in total. The van der Waals surface area contributed by atoms with Crippen molar-refractivity contribution >= 4 is 17.6 Å². The first-order chi connectivity index (χ1) is 12.8. The van der Waals surface area contributed by atoms with Crippen LogP contribution in [0.3, 0.4) is 0 Å². The fraction of sp³-hybridized carbons (Fsp3) is 0.636. The lowest BCUT2D eigenvalue weighted by Gasteiger charge is -2.26. The second-order valence-electron chi connectivity index (χ2n) is 8.92. The molecular weight excluding hydrogens is 340 g/mol. The van der Waals surface area contributed by atoms with Gasteiger partial charge in [0.05, 0.1) is 11.6 Å². The Bertz CT molecular complexity index is 657. The number of hydrogen-bond acceptors (Lipinski definition) is 4. The minimum Gasteiger partial charge on any atom is -0.456 e. The van der Waals surface area contributed by atoms with Crippen molar-refractivity contribution in [3.05, 3.63) is 29.8 Å². The molecular formula is C22H32N2O3. The highest BCUT2D eigenvalue weighted by atomic mass is 16.6. The summed E-state index contributed by atoms with van der Waals surface area (Å²) in [5, 5.41) is 6.36. The van der Waals surface area contributed by atoms with Gasteiger partial charge in [0, 0.05) is 5.69 Å². The summed E-state index contributed by atoms with van der Waals surface area (Å²) in [6.07, 6.45) is 7.58. The minimum absolute atomic E-state index is 0.0123. The summed E-state index contributed by atoms with van der Waals surface area (Å²) in [5.74, 6) is 1.05. The van der Waals surface area contributed by atoms with Gasteiger partial charge in [-0.25, -0.2) is 4.79 Å². The number of ether oxygens (including phenoxy) is 1. The van der Waals surface area contributed by atoms with E-state index in [0.717, 1.165) is 18.9 Å².